The Morgan fingerprint density at radius 3 is 2.37 bits per heavy atom. The molecule has 0 heterocycles. The molecule has 0 fully saturated rings. The number of carbonyl (C=O) groups is 1. The van der Waals surface area contributed by atoms with E-state index in [2.05, 4.69) is 29.7 Å². The standard InChI is InChI=1S/C15H24N2O2/c1-5-12-6-8-13(9-7-12)19-11-10-16-14(18)17-15(2,3)4/h6-9H,5,10-11H2,1-4H3,(H2,16,17,18). The van der Waals surface area contributed by atoms with E-state index in [4.69, 9.17) is 4.74 Å². The molecule has 0 aliphatic carbocycles. The maximum absolute atomic E-state index is 11.5. The Morgan fingerprint density at radius 2 is 1.84 bits per heavy atom. The number of rotatable bonds is 5. The lowest BCUT2D eigenvalue weighted by Gasteiger charge is -2.20. The minimum absolute atomic E-state index is 0.169. The van der Waals surface area contributed by atoms with Gasteiger partial charge < -0.3 is 15.4 Å². The van der Waals surface area contributed by atoms with Gasteiger partial charge in [-0.25, -0.2) is 4.79 Å². The van der Waals surface area contributed by atoms with Crippen LogP contribution in [0.25, 0.3) is 0 Å². The molecule has 0 aliphatic heterocycles. The third kappa shape index (κ3) is 6.70. The normalized spacial score (nSPS) is 10.9. The third-order valence-corrected chi connectivity index (χ3v) is 2.48. The summed E-state index contributed by atoms with van der Waals surface area (Å²) >= 11 is 0. The van der Waals surface area contributed by atoms with E-state index < -0.39 is 0 Å². The highest BCUT2D eigenvalue weighted by atomic mass is 16.5. The summed E-state index contributed by atoms with van der Waals surface area (Å²) in [5, 5.41) is 5.58. The summed E-state index contributed by atoms with van der Waals surface area (Å²) in [5.74, 6) is 0.829. The van der Waals surface area contributed by atoms with Gasteiger partial charge in [0.2, 0.25) is 0 Å². The summed E-state index contributed by atoms with van der Waals surface area (Å²) in [6.07, 6.45) is 1.02. The molecule has 19 heavy (non-hydrogen) atoms. The maximum Gasteiger partial charge on any atom is 0.315 e. The number of nitrogens with one attached hydrogen (secondary N) is 2. The quantitative estimate of drug-likeness (QED) is 0.803. The van der Waals surface area contributed by atoms with Gasteiger partial charge in [0.05, 0.1) is 6.54 Å². The number of amides is 2. The molecule has 0 aliphatic rings. The van der Waals surface area contributed by atoms with Crippen LogP contribution in [0.15, 0.2) is 24.3 Å². The Hall–Kier alpha value is -1.71. The number of ether oxygens (including phenoxy) is 1. The summed E-state index contributed by atoms with van der Waals surface area (Å²) in [7, 11) is 0. The summed E-state index contributed by atoms with van der Waals surface area (Å²) in [4.78, 5) is 11.5. The Morgan fingerprint density at radius 1 is 1.21 bits per heavy atom. The van der Waals surface area contributed by atoms with E-state index in [0.717, 1.165) is 12.2 Å². The first kappa shape index (κ1) is 15.3. The molecule has 0 bridgehead atoms. The number of hydrogen-bond acceptors (Lipinski definition) is 2. The number of carbonyl (C=O) groups excluding carboxylic acids is 1. The largest absolute Gasteiger partial charge is 0.492 e. The molecule has 0 radical (unpaired) electrons. The van der Waals surface area contributed by atoms with Gasteiger partial charge in [-0.05, 0) is 44.9 Å². The lowest BCUT2D eigenvalue weighted by Crippen LogP contribution is -2.47. The summed E-state index contributed by atoms with van der Waals surface area (Å²) in [6, 6.07) is 7.84. The minimum Gasteiger partial charge on any atom is -0.492 e. The van der Waals surface area contributed by atoms with E-state index in [0.29, 0.717) is 13.2 Å². The van der Waals surface area contributed by atoms with Crippen molar-refractivity contribution in [2.24, 2.45) is 0 Å². The zero-order valence-electron chi connectivity index (χ0n) is 12.2. The van der Waals surface area contributed by atoms with Crippen molar-refractivity contribution >= 4 is 6.03 Å². The Bertz CT molecular complexity index is 394. The molecule has 0 unspecified atom stereocenters. The zero-order chi connectivity index (χ0) is 14.3. The predicted molar refractivity (Wildman–Crippen MR) is 77.6 cm³/mol. The van der Waals surface area contributed by atoms with Gasteiger partial charge in [-0.15, -0.1) is 0 Å². The van der Waals surface area contributed by atoms with Crippen LogP contribution in [0.2, 0.25) is 0 Å². The second kappa shape index (κ2) is 7.02. The van der Waals surface area contributed by atoms with E-state index in [9.17, 15) is 4.79 Å². The molecule has 0 spiro atoms. The Kier molecular flexibility index (Phi) is 5.67. The monoisotopic (exact) mass is 264 g/mol. The highest BCUT2D eigenvalue weighted by Crippen LogP contribution is 2.12. The van der Waals surface area contributed by atoms with Crippen LogP contribution in [-0.2, 0) is 6.42 Å². The molecule has 0 aromatic heterocycles. The van der Waals surface area contributed by atoms with Gasteiger partial charge in [0.15, 0.2) is 0 Å². The third-order valence-electron chi connectivity index (χ3n) is 2.48. The molecule has 0 atom stereocenters. The van der Waals surface area contributed by atoms with Crippen LogP contribution in [-0.4, -0.2) is 24.7 Å². The van der Waals surface area contributed by atoms with E-state index in [1.165, 1.54) is 5.56 Å². The minimum atomic E-state index is -0.221. The number of benzene rings is 1. The van der Waals surface area contributed by atoms with Crippen LogP contribution in [0.5, 0.6) is 5.75 Å². The topological polar surface area (TPSA) is 50.4 Å². The molecule has 0 saturated carbocycles. The molecule has 4 heteroatoms. The number of aryl methyl sites for hydroxylation is 1. The van der Waals surface area contributed by atoms with Crippen LogP contribution in [0.4, 0.5) is 4.79 Å². The van der Waals surface area contributed by atoms with Crippen molar-refractivity contribution in [2.75, 3.05) is 13.2 Å². The summed E-state index contributed by atoms with van der Waals surface area (Å²) in [5.41, 5.74) is 1.07. The van der Waals surface area contributed by atoms with Crippen molar-refractivity contribution < 1.29 is 9.53 Å². The fourth-order valence-electron chi connectivity index (χ4n) is 1.54. The molecule has 1 aromatic carbocycles. The van der Waals surface area contributed by atoms with Gasteiger partial charge in [-0.2, -0.15) is 0 Å². The second-order valence-corrected chi connectivity index (χ2v) is 5.48. The first-order valence-corrected chi connectivity index (χ1v) is 6.68. The zero-order valence-corrected chi connectivity index (χ0v) is 12.2. The maximum atomic E-state index is 11.5. The highest BCUT2D eigenvalue weighted by Gasteiger charge is 2.12. The Balaban J connectivity index is 2.21. The highest BCUT2D eigenvalue weighted by molar-refractivity contribution is 5.74. The van der Waals surface area contributed by atoms with Gasteiger partial charge in [-0.3, -0.25) is 0 Å². The molecule has 0 saturated heterocycles. The van der Waals surface area contributed by atoms with Gasteiger partial charge in [0, 0.05) is 5.54 Å². The fraction of sp³-hybridized carbons (Fsp3) is 0.533. The first-order chi connectivity index (χ1) is 8.90. The number of urea groups is 1. The number of hydrogen-bond donors (Lipinski definition) is 2. The van der Waals surface area contributed by atoms with Crippen LogP contribution < -0.4 is 15.4 Å². The smallest absolute Gasteiger partial charge is 0.315 e. The van der Waals surface area contributed by atoms with E-state index >= 15 is 0 Å². The van der Waals surface area contributed by atoms with Crippen molar-refractivity contribution in [1.82, 2.24) is 10.6 Å². The van der Waals surface area contributed by atoms with Crippen molar-refractivity contribution in [2.45, 2.75) is 39.7 Å². The molecule has 2 amide bonds. The fourth-order valence-corrected chi connectivity index (χ4v) is 1.54. The van der Waals surface area contributed by atoms with Crippen LogP contribution in [0, 0.1) is 0 Å². The van der Waals surface area contributed by atoms with Gasteiger partial charge >= 0.3 is 6.03 Å². The molecule has 1 rings (SSSR count). The van der Waals surface area contributed by atoms with Crippen LogP contribution in [0.3, 0.4) is 0 Å². The second-order valence-electron chi connectivity index (χ2n) is 5.48. The average Bonchev–Trinajstić information content (AvgIpc) is 2.33. The van der Waals surface area contributed by atoms with E-state index in [-0.39, 0.29) is 11.6 Å². The van der Waals surface area contributed by atoms with E-state index in [1.807, 2.05) is 32.9 Å². The molecule has 1 aromatic rings. The SMILES string of the molecule is CCc1ccc(OCCNC(=O)NC(C)(C)C)cc1. The lowest BCUT2D eigenvalue weighted by molar-refractivity contribution is 0.228. The molecular weight excluding hydrogens is 240 g/mol. The van der Waals surface area contributed by atoms with Gasteiger partial charge in [-0.1, -0.05) is 19.1 Å². The van der Waals surface area contributed by atoms with Crippen molar-refractivity contribution in [3.8, 4) is 5.75 Å². The van der Waals surface area contributed by atoms with E-state index in [1.54, 1.807) is 0 Å². The van der Waals surface area contributed by atoms with Crippen molar-refractivity contribution in [3.05, 3.63) is 29.8 Å². The summed E-state index contributed by atoms with van der Waals surface area (Å²) in [6.45, 7) is 8.89. The van der Waals surface area contributed by atoms with Crippen molar-refractivity contribution in [1.29, 1.82) is 0 Å². The van der Waals surface area contributed by atoms with Crippen LogP contribution in [0.1, 0.15) is 33.3 Å². The first-order valence-electron chi connectivity index (χ1n) is 6.68. The lowest BCUT2D eigenvalue weighted by atomic mass is 10.1. The molecule has 106 valence electrons. The molecule has 4 nitrogen and oxygen atoms in total. The average molecular weight is 264 g/mol. The van der Waals surface area contributed by atoms with Gasteiger partial charge in [0.1, 0.15) is 12.4 Å². The molecular formula is C15H24N2O2. The van der Waals surface area contributed by atoms with Crippen molar-refractivity contribution in [3.63, 3.8) is 0 Å². The van der Waals surface area contributed by atoms with Gasteiger partial charge in [0.25, 0.3) is 0 Å². The molecule has 2 N–H and O–H groups in total. The predicted octanol–water partition coefficient (Wildman–Crippen LogP) is 2.73. The van der Waals surface area contributed by atoms with Crippen LogP contribution >= 0.6 is 0 Å². The summed E-state index contributed by atoms with van der Waals surface area (Å²) < 4.78 is 5.54. The Labute approximate surface area is 115 Å².